The van der Waals surface area contributed by atoms with Gasteiger partial charge in [0.25, 0.3) is 5.91 Å². The molecule has 200 valence electrons. The molecule has 3 aromatic rings. The Bertz CT molecular complexity index is 1280. The molecule has 0 fully saturated rings. The maximum Gasteiger partial charge on any atom is 0.265 e. The highest BCUT2D eigenvalue weighted by Gasteiger charge is 2.25. The Hall–Kier alpha value is -3.42. The van der Waals surface area contributed by atoms with Crippen LogP contribution in [0.15, 0.2) is 60.7 Å². The molecule has 0 spiro atoms. The minimum atomic E-state index is -0.154. The zero-order valence-corrected chi connectivity index (χ0v) is 22.7. The predicted octanol–water partition coefficient (Wildman–Crippen LogP) is 6.68. The first-order valence-corrected chi connectivity index (χ1v) is 13.3. The third kappa shape index (κ3) is 7.79. The monoisotopic (exact) mass is 556 g/mol. The van der Waals surface area contributed by atoms with E-state index in [4.69, 9.17) is 37.4 Å². The Balaban J connectivity index is 1.25. The van der Waals surface area contributed by atoms with Crippen LogP contribution in [0.1, 0.15) is 31.2 Å². The lowest BCUT2D eigenvalue weighted by Gasteiger charge is -2.30. The number of amides is 2. The van der Waals surface area contributed by atoms with Crippen LogP contribution in [0.25, 0.3) is 0 Å². The van der Waals surface area contributed by atoms with E-state index in [0.717, 1.165) is 24.2 Å². The van der Waals surface area contributed by atoms with Crippen molar-refractivity contribution in [1.29, 1.82) is 0 Å². The van der Waals surface area contributed by atoms with Gasteiger partial charge < -0.3 is 24.4 Å². The first-order valence-electron chi connectivity index (χ1n) is 12.5. The Morgan fingerprint density at radius 2 is 1.84 bits per heavy atom. The van der Waals surface area contributed by atoms with Crippen LogP contribution in [0.3, 0.4) is 0 Å². The molecule has 0 bridgehead atoms. The average Bonchev–Trinajstić information content (AvgIpc) is 2.88. The molecule has 0 saturated carbocycles. The Morgan fingerprint density at radius 3 is 2.66 bits per heavy atom. The topological polar surface area (TPSA) is 77.1 Å². The molecule has 1 heterocycles. The molecule has 0 saturated heterocycles. The second-order valence-electron chi connectivity index (χ2n) is 8.96. The number of ether oxygens (including phenoxy) is 3. The molecule has 38 heavy (non-hydrogen) atoms. The number of benzene rings is 3. The van der Waals surface area contributed by atoms with E-state index < -0.39 is 0 Å². The van der Waals surface area contributed by atoms with E-state index in [0.29, 0.717) is 59.1 Å². The fourth-order valence-electron chi connectivity index (χ4n) is 4.02. The van der Waals surface area contributed by atoms with E-state index in [1.807, 2.05) is 31.2 Å². The molecular weight excluding hydrogens is 527 g/mol. The van der Waals surface area contributed by atoms with Crippen molar-refractivity contribution in [3.63, 3.8) is 0 Å². The summed E-state index contributed by atoms with van der Waals surface area (Å²) in [6.07, 6.45) is 2.34. The van der Waals surface area contributed by atoms with Gasteiger partial charge in [-0.05, 0) is 80.3 Å². The number of anilines is 2. The first-order chi connectivity index (χ1) is 18.4. The van der Waals surface area contributed by atoms with Crippen molar-refractivity contribution in [2.75, 3.05) is 36.6 Å². The molecule has 0 unspecified atom stereocenters. The SMILES string of the molecule is Cc1cccc(OCCCCN2C(=O)COc3ccc(NC(=O)CCCOc4ccc(Cl)cc4Cl)cc32)c1. The zero-order chi connectivity index (χ0) is 26.9. The molecule has 1 N–H and O–H groups in total. The molecule has 0 aliphatic carbocycles. The summed E-state index contributed by atoms with van der Waals surface area (Å²) in [4.78, 5) is 26.8. The molecule has 1 aliphatic heterocycles. The second-order valence-corrected chi connectivity index (χ2v) is 9.81. The number of hydrogen-bond donors (Lipinski definition) is 1. The van der Waals surface area contributed by atoms with Crippen LogP contribution in [-0.2, 0) is 9.59 Å². The normalized spacial score (nSPS) is 12.5. The van der Waals surface area contributed by atoms with E-state index in [-0.39, 0.29) is 24.8 Å². The summed E-state index contributed by atoms with van der Waals surface area (Å²) >= 11 is 12.0. The van der Waals surface area contributed by atoms with Gasteiger partial charge in [-0.2, -0.15) is 0 Å². The number of unbranched alkanes of at least 4 members (excludes halogenated alkanes) is 1. The van der Waals surface area contributed by atoms with E-state index in [9.17, 15) is 9.59 Å². The van der Waals surface area contributed by atoms with Gasteiger partial charge in [-0.3, -0.25) is 9.59 Å². The molecule has 0 aromatic heterocycles. The highest BCUT2D eigenvalue weighted by atomic mass is 35.5. The van der Waals surface area contributed by atoms with Gasteiger partial charge in [-0.15, -0.1) is 0 Å². The zero-order valence-electron chi connectivity index (χ0n) is 21.2. The maximum atomic E-state index is 12.6. The van der Waals surface area contributed by atoms with Crippen LogP contribution < -0.4 is 24.4 Å². The van der Waals surface area contributed by atoms with Crippen molar-refractivity contribution < 1.29 is 23.8 Å². The summed E-state index contributed by atoms with van der Waals surface area (Å²) in [5, 5.41) is 3.85. The summed E-state index contributed by atoms with van der Waals surface area (Å²) in [5.41, 5.74) is 2.40. The Labute approximate surface area is 232 Å². The third-order valence-electron chi connectivity index (χ3n) is 5.92. The maximum absolute atomic E-state index is 12.6. The van der Waals surface area contributed by atoms with Crippen LogP contribution in [0, 0.1) is 6.92 Å². The summed E-state index contributed by atoms with van der Waals surface area (Å²) in [6.45, 7) is 3.46. The lowest BCUT2D eigenvalue weighted by Crippen LogP contribution is -2.39. The third-order valence-corrected chi connectivity index (χ3v) is 6.45. The van der Waals surface area contributed by atoms with E-state index in [1.54, 1.807) is 41.3 Å². The fourth-order valence-corrected chi connectivity index (χ4v) is 4.49. The summed E-state index contributed by atoms with van der Waals surface area (Å²) in [7, 11) is 0. The van der Waals surface area contributed by atoms with Gasteiger partial charge >= 0.3 is 0 Å². The fraction of sp³-hybridized carbons (Fsp3) is 0.310. The summed E-state index contributed by atoms with van der Waals surface area (Å²) in [5.74, 6) is 1.72. The van der Waals surface area contributed by atoms with Crippen molar-refractivity contribution in [2.45, 2.75) is 32.6 Å². The molecule has 9 heteroatoms. The van der Waals surface area contributed by atoms with Crippen LogP contribution in [0.2, 0.25) is 10.0 Å². The number of nitrogens with zero attached hydrogens (tertiary/aromatic N) is 1. The van der Waals surface area contributed by atoms with Gasteiger partial charge in [0.1, 0.15) is 17.2 Å². The van der Waals surface area contributed by atoms with Crippen molar-refractivity contribution in [2.24, 2.45) is 0 Å². The minimum Gasteiger partial charge on any atom is -0.494 e. The molecule has 1 aliphatic rings. The lowest BCUT2D eigenvalue weighted by atomic mass is 10.2. The van der Waals surface area contributed by atoms with Crippen molar-refractivity contribution in [1.82, 2.24) is 0 Å². The van der Waals surface area contributed by atoms with Crippen molar-refractivity contribution >= 4 is 46.4 Å². The first kappa shape index (κ1) is 27.6. The lowest BCUT2D eigenvalue weighted by molar-refractivity contribution is -0.121. The van der Waals surface area contributed by atoms with Crippen LogP contribution in [0.4, 0.5) is 11.4 Å². The van der Waals surface area contributed by atoms with Crippen molar-refractivity contribution in [3.8, 4) is 17.2 Å². The summed E-state index contributed by atoms with van der Waals surface area (Å²) in [6, 6.07) is 18.3. The number of hydrogen-bond acceptors (Lipinski definition) is 5. The van der Waals surface area contributed by atoms with Gasteiger partial charge in [-0.1, -0.05) is 35.3 Å². The number of carbonyl (C=O) groups is 2. The molecule has 7 nitrogen and oxygen atoms in total. The average molecular weight is 557 g/mol. The minimum absolute atomic E-state index is 0.00384. The van der Waals surface area contributed by atoms with Crippen LogP contribution in [0.5, 0.6) is 17.2 Å². The number of halogens is 2. The van der Waals surface area contributed by atoms with E-state index in [1.165, 1.54) is 0 Å². The van der Waals surface area contributed by atoms with Gasteiger partial charge in [-0.25, -0.2) is 0 Å². The molecule has 3 aromatic carbocycles. The largest absolute Gasteiger partial charge is 0.494 e. The highest BCUT2D eigenvalue weighted by molar-refractivity contribution is 6.35. The van der Waals surface area contributed by atoms with Crippen molar-refractivity contribution in [3.05, 3.63) is 76.3 Å². The van der Waals surface area contributed by atoms with Crippen LogP contribution in [-0.4, -0.2) is 38.2 Å². The molecule has 0 atom stereocenters. The van der Waals surface area contributed by atoms with Gasteiger partial charge in [0, 0.05) is 23.7 Å². The second kappa shape index (κ2) is 13.4. The molecule has 2 amide bonds. The van der Waals surface area contributed by atoms with Gasteiger partial charge in [0.15, 0.2) is 6.61 Å². The van der Waals surface area contributed by atoms with Gasteiger partial charge in [0.2, 0.25) is 5.91 Å². The number of carbonyl (C=O) groups excluding carboxylic acids is 2. The predicted molar refractivity (Wildman–Crippen MR) is 150 cm³/mol. The molecule has 0 radical (unpaired) electrons. The highest BCUT2D eigenvalue weighted by Crippen LogP contribution is 2.35. The quantitative estimate of drug-likeness (QED) is 0.251. The van der Waals surface area contributed by atoms with E-state index in [2.05, 4.69) is 5.32 Å². The number of rotatable bonds is 12. The van der Waals surface area contributed by atoms with Crippen LogP contribution >= 0.6 is 23.2 Å². The molecular formula is C29H30Cl2N2O5. The smallest absolute Gasteiger partial charge is 0.265 e. The summed E-state index contributed by atoms with van der Waals surface area (Å²) < 4.78 is 17.0. The Morgan fingerprint density at radius 1 is 1.00 bits per heavy atom. The van der Waals surface area contributed by atoms with Gasteiger partial charge in [0.05, 0.1) is 23.9 Å². The van der Waals surface area contributed by atoms with E-state index >= 15 is 0 Å². The number of nitrogens with one attached hydrogen (secondary N) is 1. The number of aryl methyl sites for hydroxylation is 1. The Kier molecular flexibility index (Phi) is 9.73. The number of fused-ring (bicyclic) bond motifs is 1. The standard InChI is InChI=1S/C29H30Cl2N2O5/c1-20-6-4-7-23(16-20)36-14-3-2-13-33-25-18-22(10-12-27(25)38-19-29(33)35)32-28(34)8-5-15-37-26-11-9-21(30)17-24(26)31/h4,6-7,9-12,16-18H,2-3,5,8,13-15,19H2,1H3,(H,32,34). The molecule has 4 rings (SSSR count).